The van der Waals surface area contributed by atoms with Crippen molar-refractivity contribution in [3.05, 3.63) is 29.8 Å². The monoisotopic (exact) mass is 441 g/mol. The number of ether oxygens (including phenoxy) is 1. The maximum Gasteiger partial charge on any atom is 0.328 e. The average Bonchev–Trinajstić information content (AvgIpc) is 2.71. The molecule has 10 heteroatoms. The Balaban J connectivity index is 1.78. The Kier molecular flexibility index (Phi) is 8.78. The number of aliphatic hydroxyl groups excluding tert-OH is 1. The van der Waals surface area contributed by atoms with Crippen molar-refractivity contribution in [1.82, 2.24) is 5.32 Å². The standard InChI is InChI=1S/C20H31N3O6S/c1-13(20(26)29-12-15-7-9-16(10-8-15)30(22,27)28)23-19(25)18(24)17(21)11-14-5-3-2-4-6-14/h7-10,13-14,17-18,24H,2-6,11-12,21H2,1H3,(H,23,25)(H2,22,27,28)/t13-,17-,18?/m1/s1. The highest BCUT2D eigenvalue weighted by Gasteiger charge is 2.28. The van der Waals surface area contributed by atoms with Crippen LogP contribution in [0.4, 0.5) is 0 Å². The Bertz CT molecular complexity index is 821. The zero-order valence-electron chi connectivity index (χ0n) is 17.1. The Hall–Kier alpha value is -2.01. The largest absolute Gasteiger partial charge is 0.459 e. The van der Waals surface area contributed by atoms with Crippen LogP contribution in [0.3, 0.4) is 0 Å². The molecule has 0 aromatic heterocycles. The molecule has 1 aromatic carbocycles. The van der Waals surface area contributed by atoms with Crippen LogP contribution in [0.5, 0.6) is 0 Å². The van der Waals surface area contributed by atoms with E-state index in [9.17, 15) is 23.1 Å². The molecule has 1 aromatic rings. The van der Waals surface area contributed by atoms with Gasteiger partial charge in [0.05, 0.1) is 4.90 Å². The molecule has 1 unspecified atom stereocenters. The number of carbonyl (C=O) groups is 2. The average molecular weight is 442 g/mol. The molecular formula is C20H31N3O6S. The fourth-order valence-corrected chi connectivity index (χ4v) is 4.06. The fraction of sp³-hybridized carbons (Fsp3) is 0.600. The van der Waals surface area contributed by atoms with Crippen molar-refractivity contribution in [2.75, 3.05) is 0 Å². The van der Waals surface area contributed by atoms with Crippen LogP contribution in [0.2, 0.25) is 0 Å². The number of hydrogen-bond acceptors (Lipinski definition) is 7. The Labute approximate surface area is 177 Å². The Morgan fingerprint density at radius 3 is 2.37 bits per heavy atom. The molecule has 1 amide bonds. The lowest BCUT2D eigenvalue weighted by molar-refractivity contribution is -0.149. The molecule has 30 heavy (non-hydrogen) atoms. The van der Waals surface area contributed by atoms with Gasteiger partial charge in [0, 0.05) is 6.04 Å². The molecule has 0 spiro atoms. The van der Waals surface area contributed by atoms with E-state index in [0.29, 0.717) is 17.9 Å². The number of esters is 1. The van der Waals surface area contributed by atoms with Crippen molar-refractivity contribution in [2.45, 2.75) is 75.1 Å². The molecule has 1 fully saturated rings. The minimum absolute atomic E-state index is 0.0447. The Morgan fingerprint density at radius 2 is 1.80 bits per heavy atom. The summed E-state index contributed by atoms with van der Waals surface area (Å²) >= 11 is 0. The van der Waals surface area contributed by atoms with Gasteiger partial charge in [0.2, 0.25) is 10.0 Å². The van der Waals surface area contributed by atoms with E-state index < -0.39 is 40.1 Å². The first kappa shape index (κ1) is 24.3. The number of primary sulfonamides is 1. The second-order valence-corrected chi connectivity index (χ2v) is 9.44. The highest BCUT2D eigenvalue weighted by molar-refractivity contribution is 7.89. The van der Waals surface area contributed by atoms with Crippen LogP contribution < -0.4 is 16.2 Å². The van der Waals surface area contributed by atoms with Gasteiger partial charge in [0.1, 0.15) is 18.8 Å². The lowest BCUT2D eigenvalue weighted by atomic mass is 9.84. The van der Waals surface area contributed by atoms with Gasteiger partial charge in [0.15, 0.2) is 0 Å². The lowest BCUT2D eigenvalue weighted by Gasteiger charge is -2.27. The van der Waals surface area contributed by atoms with Gasteiger partial charge in [0.25, 0.3) is 5.91 Å². The predicted octanol–water partition coefficient (Wildman–Crippen LogP) is 0.541. The second kappa shape index (κ2) is 10.9. The molecule has 2 rings (SSSR count). The van der Waals surface area contributed by atoms with Crippen LogP contribution in [-0.2, 0) is 31.0 Å². The van der Waals surface area contributed by atoms with Gasteiger partial charge in [-0.2, -0.15) is 0 Å². The molecule has 6 N–H and O–H groups in total. The third-order valence-corrected chi connectivity index (χ3v) is 6.28. The zero-order chi connectivity index (χ0) is 22.3. The number of nitrogens with one attached hydrogen (secondary N) is 1. The van der Waals surface area contributed by atoms with Crippen molar-refractivity contribution in [2.24, 2.45) is 16.8 Å². The fourth-order valence-electron chi connectivity index (χ4n) is 3.54. The first-order chi connectivity index (χ1) is 14.1. The normalized spacial score (nSPS) is 18.3. The number of carbonyl (C=O) groups excluding carboxylic acids is 2. The summed E-state index contributed by atoms with van der Waals surface area (Å²) in [6, 6.07) is 3.92. The van der Waals surface area contributed by atoms with Gasteiger partial charge < -0.3 is 20.9 Å². The van der Waals surface area contributed by atoms with E-state index >= 15 is 0 Å². The highest BCUT2D eigenvalue weighted by atomic mass is 32.2. The molecule has 1 aliphatic carbocycles. The number of rotatable bonds is 9. The molecular weight excluding hydrogens is 410 g/mol. The highest BCUT2D eigenvalue weighted by Crippen LogP contribution is 2.27. The van der Waals surface area contributed by atoms with Crippen LogP contribution in [-0.4, -0.2) is 43.6 Å². The van der Waals surface area contributed by atoms with E-state index in [1.807, 2.05) is 0 Å². The maximum atomic E-state index is 12.2. The lowest BCUT2D eigenvalue weighted by Crippen LogP contribution is -2.51. The minimum atomic E-state index is -3.79. The third-order valence-electron chi connectivity index (χ3n) is 5.35. The number of amides is 1. The summed E-state index contributed by atoms with van der Waals surface area (Å²) in [6.45, 7) is 1.34. The molecule has 3 atom stereocenters. The van der Waals surface area contributed by atoms with Gasteiger partial charge in [-0.3, -0.25) is 4.79 Å². The van der Waals surface area contributed by atoms with Crippen molar-refractivity contribution < 1.29 is 27.9 Å². The number of hydrogen-bond donors (Lipinski definition) is 4. The Morgan fingerprint density at radius 1 is 1.20 bits per heavy atom. The summed E-state index contributed by atoms with van der Waals surface area (Å²) in [4.78, 5) is 24.3. The quantitative estimate of drug-likeness (QED) is 0.406. The molecule has 168 valence electrons. The summed E-state index contributed by atoms with van der Waals surface area (Å²) < 4.78 is 27.6. The van der Waals surface area contributed by atoms with Crippen LogP contribution >= 0.6 is 0 Å². The first-order valence-corrected chi connectivity index (χ1v) is 11.6. The SMILES string of the molecule is C[C@@H](NC(=O)C(O)[C@H](N)CC1CCCCC1)C(=O)OCc1ccc(S(N)(=O)=O)cc1. The number of sulfonamides is 1. The topological polar surface area (TPSA) is 162 Å². The zero-order valence-corrected chi connectivity index (χ0v) is 17.9. The summed E-state index contributed by atoms with van der Waals surface area (Å²) in [5.41, 5.74) is 6.56. The van der Waals surface area contributed by atoms with E-state index in [1.54, 1.807) is 0 Å². The van der Waals surface area contributed by atoms with Crippen molar-refractivity contribution >= 4 is 21.9 Å². The molecule has 0 saturated heterocycles. The molecule has 1 saturated carbocycles. The second-order valence-electron chi connectivity index (χ2n) is 7.88. The van der Waals surface area contributed by atoms with E-state index in [4.69, 9.17) is 15.6 Å². The number of nitrogens with two attached hydrogens (primary N) is 2. The van der Waals surface area contributed by atoms with Crippen LogP contribution in [0.15, 0.2) is 29.2 Å². The molecule has 0 heterocycles. The van der Waals surface area contributed by atoms with Gasteiger partial charge >= 0.3 is 5.97 Å². The van der Waals surface area contributed by atoms with Crippen LogP contribution in [0, 0.1) is 5.92 Å². The first-order valence-electron chi connectivity index (χ1n) is 10.1. The summed E-state index contributed by atoms with van der Waals surface area (Å²) in [5.74, 6) is -0.980. The van der Waals surface area contributed by atoms with Gasteiger partial charge in [-0.25, -0.2) is 18.4 Å². The maximum absolute atomic E-state index is 12.2. The van der Waals surface area contributed by atoms with Crippen molar-refractivity contribution in [1.29, 1.82) is 0 Å². The predicted molar refractivity (Wildman–Crippen MR) is 110 cm³/mol. The summed E-state index contributed by atoms with van der Waals surface area (Å²) in [6.07, 6.45) is 4.80. The van der Waals surface area contributed by atoms with Crippen LogP contribution in [0.25, 0.3) is 0 Å². The number of benzene rings is 1. The van der Waals surface area contributed by atoms with Gasteiger partial charge in [-0.15, -0.1) is 0 Å². The van der Waals surface area contributed by atoms with Gasteiger partial charge in [-0.1, -0.05) is 44.2 Å². The van der Waals surface area contributed by atoms with Gasteiger partial charge in [-0.05, 0) is 37.0 Å². The molecule has 0 aliphatic heterocycles. The van der Waals surface area contributed by atoms with Crippen LogP contribution in [0.1, 0.15) is 51.0 Å². The van der Waals surface area contributed by atoms with Crippen molar-refractivity contribution in [3.63, 3.8) is 0 Å². The summed E-state index contributed by atoms with van der Waals surface area (Å²) in [5, 5.41) is 17.7. The molecule has 9 nitrogen and oxygen atoms in total. The third kappa shape index (κ3) is 7.35. The van der Waals surface area contributed by atoms with E-state index in [2.05, 4.69) is 5.32 Å². The smallest absolute Gasteiger partial charge is 0.328 e. The molecule has 0 radical (unpaired) electrons. The van der Waals surface area contributed by atoms with E-state index in [-0.39, 0.29) is 11.5 Å². The molecule has 0 bridgehead atoms. The van der Waals surface area contributed by atoms with Crippen molar-refractivity contribution in [3.8, 4) is 0 Å². The summed E-state index contributed by atoms with van der Waals surface area (Å²) in [7, 11) is -3.79. The molecule has 1 aliphatic rings. The minimum Gasteiger partial charge on any atom is -0.459 e. The van der Waals surface area contributed by atoms with E-state index in [1.165, 1.54) is 37.6 Å². The number of aliphatic hydroxyl groups is 1. The van der Waals surface area contributed by atoms with E-state index in [0.717, 1.165) is 25.7 Å².